The van der Waals surface area contributed by atoms with Crippen molar-refractivity contribution in [1.29, 1.82) is 0 Å². The third kappa shape index (κ3) is 7.81. The van der Waals surface area contributed by atoms with Gasteiger partial charge in [0.2, 0.25) is 0 Å². The normalized spacial score (nSPS) is 10.7. The van der Waals surface area contributed by atoms with Gasteiger partial charge in [0.15, 0.2) is 0 Å². The molecule has 0 aliphatic rings. The molecule has 1 aromatic carbocycles. The lowest BCUT2D eigenvalue weighted by molar-refractivity contribution is 0.140. The SMILES string of the molecule is CC(C)NN=CCCNC(=O)OCc1ccccc1. The van der Waals surface area contributed by atoms with Gasteiger partial charge in [0, 0.05) is 25.2 Å². The third-order valence-electron chi connectivity index (χ3n) is 2.18. The molecular weight excluding hydrogens is 242 g/mol. The van der Waals surface area contributed by atoms with E-state index in [0.29, 0.717) is 19.0 Å². The van der Waals surface area contributed by atoms with Gasteiger partial charge in [-0.15, -0.1) is 0 Å². The van der Waals surface area contributed by atoms with Crippen molar-refractivity contribution in [3.63, 3.8) is 0 Å². The van der Waals surface area contributed by atoms with Crippen LogP contribution in [0.5, 0.6) is 0 Å². The number of rotatable bonds is 7. The van der Waals surface area contributed by atoms with Crippen LogP contribution in [0.15, 0.2) is 35.4 Å². The lowest BCUT2D eigenvalue weighted by atomic mass is 10.2. The van der Waals surface area contributed by atoms with Gasteiger partial charge in [-0.1, -0.05) is 30.3 Å². The van der Waals surface area contributed by atoms with Crippen LogP contribution >= 0.6 is 0 Å². The van der Waals surface area contributed by atoms with E-state index in [1.807, 2.05) is 44.2 Å². The van der Waals surface area contributed by atoms with E-state index in [-0.39, 0.29) is 6.61 Å². The zero-order valence-electron chi connectivity index (χ0n) is 11.4. The molecule has 1 rings (SSSR count). The Morgan fingerprint density at radius 2 is 2.11 bits per heavy atom. The topological polar surface area (TPSA) is 62.7 Å². The van der Waals surface area contributed by atoms with Gasteiger partial charge >= 0.3 is 6.09 Å². The number of ether oxygens (including phenoxy) is 1. The molecule has 0 saturated heterocycles. The molecule has 19 heavy (non-hydrogen) atoms. The summed E-state index contributed by atoms with van der Waals surface area (Å²) in [5, 5.41) is 6.66. The van der Waals surface area contributed by atoms with E-state index in [2.05, 4.69) is 15.8 Å². The first-order valence-electron chi connectivity index (χ1n) is 6.40. The molecule has 1 aromatic rings. The van der Waals surface area contributed by atoms with E-state index in [4.69, 9.17) is 4.74 Å². The Bertz CT molecular complexity index is 391. The molecule has 0 aliphatic heterocycles. The smallest absolute Gasteiger partial charge is 0.407 e. The molecule has 0 radical (unpaired) electrons. The van der Waals surface area contributed by atoms with Crippen molar-refractivity contribution in [2.45, 2.75) is 32.9 Å². The molecule has 5 nitrogen and oxygen atoms in total. The number of hydrogen-bond donors (Lipinski definition) is 2. The molecule has 0 unspecified atom stereocenters. The molecule has 0 aromatic heterocycles. The molecule has 104 valence electrons. The summed E-state index contributed by atoms with van der Waals surface area (Å²) >= 11 is 0. The summed E-state index contributed by atoms with van der Waals surface area (Å²) in [4.78, 5) is 11.4. The Morgan fingerprint density at radius 1 is 1.37 bits per heavy atom. The van der Waals surface area contributed by atoms with Crippen molar-refractivity contribution >= 4 is 12.3 Å². The molecule has 5 heteroatoms. The second kappa shape index (κ2) is 8.97. The zero-order chi connectivity index (χ0) is 13.9. The average Bonchev–Trinajstić information content (AvgIpc) is 2.41. The maximum atomic E-state index is 11.4. The minimum absolute atomic E-state index is 0.287. The molecule has 0 spiro atoms. The van der Waals surface area contributed by atoms with Gasteiger partial charge in [-0.25, -0.2) is 4.79 Å². The van der Waals surface area contributed by atoms with Gasteiger partial charge in [0.1, 0.15) is 6.61 Å². The molecule has 0 bridgehead atoms. The standard InChI is InChI=1S/C14H21N3O2/c1-12(2)17-16-10-6-9-15-14(18)19-11-13-7-4-3-5-8-13/h3-5,7-8,10,12,17H,6,9,11H2,1-2H3,(H,15,18). The predicted octanol–water partition coefficient (Wildman–Crippen LogP) is 2.29. The zero-order valence-corrected chi connectivity index (χ0v) is 11.4. The van der Waals surface area contributed by atoms with Crippen molar-refractivity contribution in [2.24, 2.45) is 5.10 Å². The summed E-state index contributed by atoms with van der Waals surface area (Å²) in [5.41, 5.74) is 3.88. The van der Waals surface area contributed by atoms with E-state index in [1.54, 1.807) is 6.21 Å². The van der Waals surface area contributed by atoms with Gasteiger partial charge < -0.3 is 15.5 Å². The maximum absolute atomic E-state index is 11.4. The number of alkyl carbamates (subject to hydrolysis) is 1. The largest absolute Gasteiger partial charge is 0.445 e. The Hall–Kier alpha value is -2.04. The minimum Gasteiger partial charge on any atom is -0.445 e. The number of carbonyl (C=O) groups excluding carboxylic acids is 1. The number of hydrogen-bond acceptors (Lipinski definition) is 4. The Balaban J connectivity index is 2.07. The van der Waals surface area contributed by atoms with E-state index in [0.717, 1.165) is 5.56 Å². The number of amides is 1. The van der Waals surface area contributed by atoms with E-state index >= 15 is 0 Å². The van der Waals surface area contributed by atoms with Crippen molar-refractivity contribution in [3.05, 3.63) is 35.9 Å². The van der Waals surface area contributed by atoms with Crippen LogP contribution < -0.4 is 10.7 Å². The van der Waals surface area contributed by atoms with Gasteiger partial charge in [-0.3, -0.25) is 0 Å². The van der Waals surface area contributed by atoms with Gasteiger partial charge in [-0.05, 0) is 19.4 Å². The van der Waals surface area contributed by atoms with Crippen molar-refractivity contribution in [1.82, 2.24) is 10.7 Å². The average molecular weight is 263 g/mol. The van der Waals surface area contributed by atoms with Crippen LogP contribution in [0, 0.1) is 0 Å². The summed E-state index contributed by atoms with van der Waals surface area (Å²) in [6.45, 7) is 4.82. The monoisotopic (exact) mass is 263 g/mol. The molecule has 0 aliphatic carbocycles. The fourth-order valence-electron chi connectivity index (χ4n) is 1.28. The van der Waals surface area contributed by atoms with Crippen LogP contribution in [0.25, 0.3) is 0 Å². The summed E-state index contributed by atoms with van der Waals surface area (Å²) in [6.07, 6.45) is 1.99. The summed E-state index contributed by atoms with van der Waals surface area (Å²) in [5.74, 6) is 0. The molecular formula is C14H21N3O2. The molecule has 0 fully saturated rings. The first-order valence-corrected chi connectivity index (χ1v) is 6.40. The number of benzene rings is 1. The summed E-state index contributed by atoms with van der Waals surface area (Å²) < 4.78 is 5.06. The van der Waals surface area contributed by atoms with Crippen LogP contribution in [0.3, 0.4) is 0 Å². The number of hydrazone groups is 1. The molecule has 0 saturated carbocycles. The Morgan fingerprint density at radius 3 is 2.79 bits per heavy atom. The van der Waals surface area contributed by atoms with Crippen LogP contribution in [-0.2, 0) is 11.3 Å². The molecule has 0 atom stereocenters. The van der Waals surface area contributed by atoms with Crippen molar-refractivity contribution in [3.8, 4) is 0 Å². The predicted molar refractivity (Wildman–Crippen MR) is 76.0 cm³/mol. The summed E-state index contributed by atoms with van der Waals surface area (Å²) in [7, 11) is 0. The number of nitrogens with one attached hydrogen (secondary N) is 2. The summed E-state index contributed by atoms with van der Waals surface area (Å²) in [6, 6.07) is 9.90. The molecule has 0 heterocycles. The Kier molecular flexibility index (Phi) is 7.09. The lowest BCUT2D eigenvalue weighted by Gasteiger charge is -2.06. The van der Waals surface area contributed by atoms with Crippen LogP contribution in [0.4, 0.5) is 4.79 Å². The Labute approximate surface area is 114 Å². The molecule has 2 N–H and O–H groups in total. The fraction of sp³-hybridized carbons (Fsp3) is 0.429. The van der Waals surface area contributed by atoms with E-state index in [9.17, 15) is 4.79 Å². The van der Waals surface area contributed by atoms with E-state index < -0.39 is 6.09 Å². The highest BCUT2D eigenvalue weighted by Crippen LogP contribution is 2.00. The molecule has 1 amide bonds. The highest BCUT2D eigenvalue weighted by molar-refractivity contribution is 5.68. The van der Waals surface area contributed by atoms with Gasteiger partial charge in [0.05, 0.1) is 0 Å². The van der Waals surface area contributed by atoms with Crippen molar-refractivity contribution < 1.29 is 9.53 Å². The quantitative estimate of drug-likeness (QED) is 0.451. The first kappa shape index (κ1) is 15.0. The lowest BCUT2D eigenvalue weighted by Crippen LogP contribution is -2.25. The highest BCUT2D eigenvalue weighted by atomic mass is 16.5. The number of carbonyl (C=O) groups is 1. The fourth-order valence-corrected chi connectivity index (χ4v) is 1.28. The maximum Gasteiger partial charge on any atom is 0.407 e. The van der Waals surface area contributed by atoms with Crippen LogP contribution in [-0.4, -0.2) is 24.9 Å². The van der Waals surface area contributed by atoms with Crippen molar-refractivity contribution in [2.75, 3.05) is 6.54 Å². The van der Waals surface area contributed by atoms with Gasteiger partial charge in [-0.2, -0.15) is 5.10 Å². The highest BCUT2D eigenvalue weighted by Gasteiger charge is 2.00. The second-order valence-electron chi connectivity index (χ2n) is 4.37. The number of nitrogens with zero attached hydrogens (tertiary/aromatic N) is 1. The van der Waals surface area contributed by atoms with Crippen LogP contribution in [0.1, 0.15) is 25.8 Å². The van der Waals surface area contributed by atoms with Crippen LogP contribution in [0.2, 0.25) is 0 Å². The van der Waals surface area contributed by atoms with E-state index in [1.165, 1.54) is 0 Å². The first-order chi connectivity index (χ1) is 9.18. The van der Waals surface area contributed by atoms with Gasteiger partial charge in [0.25, 0.3) is 0 Å². The minimum atomic E-state index is -0.408. The second-order valence-corrected chi connectivity index (χ2v) is 4.37. The third-order valence-corrected chi connectivity index (χ3v) is 2.18.